The minimum Gasteiger partial charge on any atom is -0.463 e. The molecule has 7 rings (SSSR count). The lowest BCUT2D eigenvalue weighted by Gasteiger charge is -2.43. The van der Waals surface area contributed by atoms with Crippen molar-refractivity contribution in [2.45, 2.75) is 90.7 Å². The molecular formula is C57H55F6N7O6. The largest absolute Gasteiger partial charge is 0.463 e. The fourth-order valence-corrected chi connectivity index (χ4v) is 9.73. The van der Waals surface area contributed by atoms with Crippen molar-refractivity contribution in [1.29, 1.82) is 10.5 Å². The Morgan fingerprint density at radius 3 is 1.49 bits per heavy atom. The summed E-state index contributed by atoms with van der Waals surface area (Å²) in [5.41, 5.74) is 0.965. The Hall–Kier alpha value is -8.32. The molecule has 4 aromatic rings. The summed E-state index contributed by atoms with van der Waals surface area (Å²) in [5.74, 6) is -1.50. The first kappa shape index (κ1) is 55.4. The lowest BCUT2D eigenvalue weighted by molar-refractivity contribution is -0.140. The molecule has 0 N–H and O–H groups in total. The monoisotopic (exact) mass is 1050 g/mol. The van der Waals surface area contributed by atoms with Gasteiger partial charge in [0.05, 0.1) is 82.2 Å². The minimum absolute atomic E-state index is 0.00541. The number of anilines is 2. The summed E-state index contributed by atoms with van der Waals surface area (Å²) in [5, 5.41) is 19.0. The van der Waals surface area contributed by atoms with Gasteiger partial charge in [0.25, 0.3) is 0 Å². The molecule has 2 unspecified atom stereocenters. The number of nitrogens with zero attached hydrogens (tertiary/aromatic N) is 7. The standard InChI is InChI=1S/C57H55F6N7O6/c1-5-75-52(71)48-37(3)69(46-18-10-16-44(32-46)56(58,59)60)54(73)67(50(48)42-24-20-39(34-64)21-25-42)30-9-7-8-14-41-15-12-28-66(36-41)29-13-31-68-51(43-26-22-40(35-65)23-27-43)49(53(72)76-6-2)38(4)70(55(68)74)47-19-11-17-45(33-47)57(61,62)63/h10-12,16-28,32-33,36,50-51H,5-9,13-15,29-31H2,1-4H3. The maximum absolute atomic E-state index is 14.7. The molecule has 3 aliphatic rings. The number of halogens is 6. The zero-order chi connectivity index (χ0) is 54.9. The van der Waals surface area contributed by atoms with E-state index in [9.17, 15) is 56.0 Å². The van der Waals surface area contributed by atoms with Gasteiger partial charge in [-0.05, 0) is 138 Å². The molecule has 4 amide bonds. The number of allylic oxidation sites excluding steroid dienone is 4. The zero-order valence-electron chi connectivity index (χ0n) is 42.3. The average molecular weight is 1050 g/mol. The van der Waals surface area contributed by atoms with E-state index in [1.54, 1.807) is 62.4 Å². The van der Waals surface area contributed by atoms with Gasteiger partial charge in [-0.15, -0.1) is 0 Å². The number of benzene rings is 4. The van der Waals surface area contributed by atoms with Gasteiger partial charge in [0, 0.05) is 37.2 Å². The number of carbonyl (C=O) groups is 4. The molecule has 0 fully saturated rings. The van der Waals surface area contributed by atoms with Crippen molar-refractivity contribution in [2.75, 3.05) is 42.6 Å². The average Bonchev–Trinajstić information content (AvgIpc) is 3.43. The summed E-state index contributed by atoms with van der Waals surface area (Å²) in [6.07, 6.45) is -0.142. The van der Waals surface area contributed by atoms with Crippen LogP contribution >= 0.6 is 0 Å². The van der Waals surface area contributed by atoms with Gasteiger partial charge in [-0.1, -0.05) is 54.5 Å². The van der Waals surface area contributed by atoms with Crippen molar-refractivity contribution in [3.8, 4) is 12.1 Å². The van der Waals surface area contributed by atoms with Gasteiger partial charge in [0.1, 0.15) is 0 Å². The first-order valence-electron chi connectivity index (χ1n) is 24.7. The maximum atomic E-state index is 14.7. The molecule has 13 nitrogen and oxygen atoms in total. The molecular weight excluding hydrogens is 993 g/mol. The Kier molecular flexibility index (Phi) is 17.4. The lowest BCUT2D eigenvalue weighted by Crippen LogP contribution is -2.51. The van der Waals surface area contributed by atoms with Crippen molar-refractivity contribution >= 4 is 35.4 Å². The number of alkyl halides is 6. The molecule has 0 aliphatic carbocycles. The quantitative estimate of drug-likeness (QED) is 0.0539. The molecule has 0 bridgehead atoms. The Morgan fingerprint density at radius 1 is 0.618 bits per heavy atom. The van der Waals surface area contributed by atoms with E-state index >= 15 is 0 Å². The summed E-state index contributed by atoms with van der Waals surface area (Å²) >= 11 is 0. The van der Waals surface area contributed by atoms with Crippen LogP contribution in [0.25, 0.3) is 0 Å². The normalized spacial score (nSPS) is 17.2. The number of nitriles is 2. The molecule has 4 aromatic carbocycles. The van der Waals surface area contributed by atoms with Crippen LogP contribution in [0.4, 0.5) is 47.3 Å². The third kappa shape index (κ3) is 12.3. The van der Waals surface area contributed by atoms with Crippen LogP contribution in [-0.4, -0.2) is 71.5 Å². The van der Waals surface area contributed by atoms with Crippen LogP contribution in [0.2, 0.25) is 0 Å². The van der Waals surface area contributed by atoms with Gasteiger partial charge in [0.2, 0.25) is 0 Å². The zero-order valence-corrected chi connectivity index (χ0v) is 42.3. The molecule has 2 atom stereocenters. The number of esters is 2. The van der Waals surface area contributed by atoms with Crippen molar-refractivity contribution in [2.24, 2.45) is 0 Å². The second-order valence-corrected chi connectivity index (χ2v) is 18.2. The highest BCUT2D eigenvalue weighted by molar-refractivity contribution is 6.04. The number of unbranched alkanes of at least 4 members (excludes halogenated alkanes) is 2. The third-order valence-electron chi connectivity index (χ3n) is 13.3. The van der Waals surface area contributed by atoms with E-state index in [2.05, 4.69) is 12.1 Å². The summed E-state index contributed by atoms with van der Waals surface area (Å²) in [6.45, 7) is 6.77. The number of rotatable bonds is 18. The predicted molar refractivity (Wildman–Crippen MR) is 270 cm³/mol. The number of carbonyl (C=O) groups excluding carboxylic acids is 4. The van der Waals surface area contributed by atoms with Gasteiger partial charge >= 0.3 is 36.4 Å². The Bertz CT molecular complexity index is 3040. The number of ether oxygens (including phenoxy) is 2. The van der Waals surface area contributed by atoms with Crippen molar-refractivity contribution in [3.05, 3.63) is 177 Å². The first-order chi connectivity index (χ1) is 36.3. The number of hydrogen-bond donors (Lipinski definition) is 0. The van der Waals surface area contributed by atoms with Crippen molar-refractivity contribution < 1.29 is 55.0 Å². The van der Waals surface area contributed by atoms with Crippen LogP contribution < -0.4 is 9.80 Å². The number of amides is 4. The summed E-state index contributed by atoms with van der Waals surface area (Å²) < 4.78 is 94.7. The molecule has 3 heterocycles. The third-order valence-corrected chi connectivity index (χ3v) is 13.3. The Morgan fingerprint density at radius 2 is 1.07 bits per heavy atom. The molecule has 0 saturated carbocycles. The van der Waals surface area contributed by atoms with E-state index in [1.807, 2.05) is 23.4 Å². The molecule has 3 aliphatic heterocycles. The number of hydrogen-bond acceptors (Lipinski definition) is 9. The van der Waals surface area contributed by atoms with Crippen molar-refractivity contribution in [3.63, 3.8) is 0 Å². The predicted octanol–water partition coefficient (Wildman–Crippen LogP) is 12.9. The van der Waals surface area contributed by atoms with Crippen LogP contribution in [0.1, 0.15) is 112 Å². The van der Waals surface area contributed by atoms with E-state index in [0.717, 1.165) is 39.6 Å². The summed E-state index contributed by atoms with van der Waals surface area (Å²) in [6, 6.07) is 22.2. The van der Waals surface area contributed by atoms with Gasteiger partial charge in [-0.25, -0.2) is 19.2 Å². The summed E-state index contributed by atoms with van der Waals surface area (Å²) in [7, 11) is 0. The minimum atomic E-state index is -4.71. The number of urea groups is 2. The first-order valence-corrected chi connectivity index (χ1v) is 24.7. The van der Waals surface area contributed by atoms with Gasteiger partial charge in [-0.2, -0.15) is 36.9 Å². The summed E-state index contributed by atoms with van der Waals surface area (Å²) in [4.78, 5) is 64.0. The molecule has 396 valence electrons. The van der Waals surface area contributed by atoms with Crippen molar-refractivity contribution in [1.82, 2.24) is 14.7 Å². The van der Waals surface area contributed by atoms with Gasteiger partial charge in [0.15, 0.2) is 0 Å². The van der Waals surface area contributed by atoms with E-state index in [4.69, 9.17) is 9.47 Å². The highest BCUT2D eigenvalue weighted by atomic mass is 19.4. The fourth-order valence-electron chi connectivity index (χ4n) is 9.73. The highest BCUT2D eigenvalue weighted by Gasteiger charge is 2.45. The second kappa shape index (κ2) is 23.9. The van der Waals surface area contributed by atoms with Crippen LogP contribution in [0.3, 0.4) is 0 Å². The smallest absolute Gasteiger partial charge is 0.416 e. The van der Waals surface area contributed by atoms with Gasteiger partial charge in [-0.3, -0.25) is 9.80 Å². The highest BCUT2D eigenvalue weighted by Crippen LogP contribution is 2.44. The van der Waals surface area contributed by atoms with E-state index in [-0.39, 0.29) is 60.2 Å². The molecule has 0 aromatic heterocycles. The van der Waals surface area contributed by atoms with E-state index in [0.29, 0.717) is 67.3 Å². The topological polar surface area (TPSA) is 151 Å². The second-order valence-electron chi connectivity index (χ2n) is 18.2. The van der Waals surface area contributed by atoms with E-state index in [1.165, 1.54) is 47.9 Å². The fraction of sp³-hybridized carbons (Fsp3) is 0.333. The lowest BCUT2D eigenvalue weighted by atomic mass is 9.91. The molecule has 0 radical (unpaired) electrons. The molecule has 0 spiro atoms. The SMILES string of the molecule is CCOC(=O)C1=C(C)N(c2cccc(C(F)(F)F)c2)C(=O)N(CCCCCC2=CN(CCCN3C(=O)N(c4cccc(C(F)(F)F)c4)C(C)=C(C(=O)OCC)C3c3ccc(C#N)cc3)C=CC2)C1c1ccc(C#N)cc1. The van der Waals surface area contributed by atoms with E-state index < -0.39 is 59.6 Å². The van der Waals surface area contributed by atoms with Crippen LogP contribution in [-0.2, 0) is 31.4 Å². The molecule has 0 saturated heterocycles. The maximum Gasteiger partial charge on any atom is 0.416 e. The molecule has 19 heteroatoms. The van der Waals surface area contributed by atoms with Crippen LogP contribution in [0.5, 0.6) is 0 Å². The van der Waals surface area contributed by atoms with Crippen LogP contribution in [0.15, 0.2) is 144 Å². The molecule has 76 heavy (non-hydrogen) atoms. The van der Waals surface area contributed by atoms with Gasteiger partial charge < -0.3 is 24.2 Å². The Balaban J connectivity index is 1.08. The van der Waals surface area contributed by atoms with Crippen LogP contribution in [0, 0.1) is 22.7 Å². The Labute approximate surface area is 436 Å².